The lowest BCUT2D eigenvalue weighted by Crippen LogP contribution is -2.09. The van der Waals surface area contributed by atoms with Gasteiger partial charge in [0.05, 0.1) is 11.1 Å². The first-order valence-electron chi connectivity index (χ1n) is 6.56. The summed E-state index contributed by atoms with van der Waals surface area (Å²) in [5.74, 6) is -3.15. The van der Waals surface area contributed by atoms with E-state index < -0.39 is 23.7 Å². The first-order valence-corrected chi connectivity index (χ1v) is 6.56. The van der Waals surface area contributed by atoms with Crippen LogP contribution in [-0.4, -0.2) is 30.1 Å². The number of carboxylic acid groups (broad SMARTS) is 1. The number of rotatable bonds is 6. The van der Waals surface area contributed by atoms with Crippen molar-refractivity contribution in [2.75, 3.05) is 13.9 Å². The minimum atomic E-state index is -1.45. The Balaban J connectivity index is 2.41. The molecule has 23 heavy (non-hydrogen) atoms. The molecule has 2 rings (SSSR count). The molecule has 5 nitrogen and oxygen atoms in total. The Labute approximate surface area is 130 Å². The number of ether oxygens (including phenoxy) is 2. The van der Waals surface area contributed by atoms with Gasteiger partial charge in [-0.25, -0.2) is 13.6 Å². The summed E-state index contributed by atoms with van der Waals surface area (Å²) in [6.07, 6.45) is -1.45. The van der Waals surface area contributed by atoms with Gasteiger partial charge < -0.3 is 19.7 Å². The van der Waals surface area contributed by atoms with E-state index in [1.165, 1.54) is 31.4 Å². The standard InChI is InChI=1S/C16H14F2O5/c1-22-8-23-13-7-11(17)6-12(18)14(13)15(19)9-2-4-10(5-3-9)16(20)21/h2-7,15,19H,8H2,1H3,(H,20,21). The molecule has 0 aliphatic heterocycles. The van der Waals surface area contributed by atoms with E-state index in [1.807, 2.05) is 0 Å². The Morgan fingerprint density at radius 1 is 1.22 bits per heavy atom. The molecule has 2 N–H and O–H groups in total. The lowest BCUT2D eigenvalue weighted by molar-refractivity contribution is 0.0480. The summed E-state index contributed by atoms with van der Waals surface area (Å²) in [5.41, 5.74) is 0.00526. The maximum atomic E-state index is 14.1. The van der Waals surface area contributed by atoms with Crippen molar-refractivity contribution in [2.45, 2.75) is 6.10 Å². The van der Waals surface area contributed by atoms with Crippen LogP contribution in [0.1, 0.15) is 27.6 Å². The third kappa shape index (κ3) is 3.82. The average Bonchev–Trinajstić information content (AvgIpc) is 2.52. The molecular weight excluding hydrogens is 310 g/mol. The number of methoxy groups -OCH3 is 1. The highest BCUT2D eigenvalue weighted by molar-refractivity contribution is 5.87. The molecule has 1 unspecified atom stereocenters. The summed E-state index contributed by atoms with van der Waals surface area (Å²) in [6.45, 7) is -0.249. The van der Waals surface area contributed by atoms with Gasteiger partial charge in [-0.2, -0.15) is 0 Å². The maximum Gasteiger partial charge on any atom is 0.335 e. The van der Waals surface area contributed by atoms with E-state index in [2.05, 4.69) is 0 Å². The minimum Gasteiger partial charge on any atom is -0.478 e. The van der Waals surface area contributed by atoms with Crippen LogP contribution in [0.2, 0.25) is 0 Å². The van der Waals surface area contributed by atoms with Crippen LogP contribution in [0, 0.1) is 11.6 Å². The summed E-state index contributed by atoms with van der Waals surface area (Å²) >= 11 is 0. The first kappa shape index (κ1) is 16.9. The van der Waals surface area contributed by atoms with E-state index in [1.54, 1.807) is 0 Å². The number of hydrogen-bond acceptors (Lipinski definition) is 4. The van der Waals surface area contributed by atoms with Crippen molar-refractivity contribution in [3.05, 3.63) is 64.7 Å². The predicted octanol–water partition coefficient (Wildman–Crippen LogP) is 2.73. The molecule has 0 amide bonds. The number of carbonyl (C=O) groups is 1. The van der Waals surface area contributed by atoms with Gasteiger partial charge in [0.2, 0.25) is 0 Å². The highest BCUT2D eigenvalue weighted by atomic mass is 19.1. The molecule has 0 bridgehead atoms. The van der Waals surface area contributed by atoms with E-state index in [4.69, 9.17) is 14.6 Å². The van der Waals surface area contributed by atoms with Gasteiger partial charge in [-0.15, -0.1) is 0 Å². The SMILES string of the molecule is COCOc1cc(F)cc(F)c1C(O)c1ccc(C(=O)O)cc1. The van der Waals surface area contributed by atoms with Crippen molar-refractivity contribution in [3.8, 4) is 5.75 Å². The maximum absolute atomic E-state index is 14.1. The van der Waals surface area contributed by atoms with Crippen molar-refractivity contribution in [3.63, 3.8) is 0 Å². The summed E-state index contributed by atoms with van der Waals surface area (Å²) in [5, 5.41) is 19.2. The Morgan fingerprint density at radius 3 is 2.43 bits per heavy atom. The van der Waals surface area contributed by atoms with Gasteiger partial charge in [0, 0.05) is 19.2 Å². The zero-order valence-corrected chi connectivity index (χ0v) is 12.1. The van der Waals surface area contributed by atoms with Crippen molar-refractivity contribution < 1.29 is 33.3 Å². The molecule has 122 valence electrons. The molecule has 0 saturated heterocycles. The second-order valence-corrected chi connectivity index (χ2v) is 4.68. The quantitative estimate of drug-likeness (QED) is 0.799. The second kappa shape index (κ2) is 7.17. The minimum absolute atomic E-state index is 0.0244. The Kier molecular flexibility index (Phi) is 5.25. The highest BCUT2D eigenvalue weighted by Gasteiger charge is 2.22. The molecule has 0 radical (unpaired) electrons. The third-order valence-electron chi connectivity index (χ3n) is 3.14. The molecule has 0 spiro atoms. The van der Waals surface area contributed by atoms with Gasteiger partial charge in [-0.1, -0.05) is 12.1 Å². The van der Waals surface area contributed by atoms with Gasteiger partial charge in [-0.05, 0) is 17.7 Å². The normalized spacial score (nSPS) is 12.0. The zero-order valence-electron chi connectivity index (χ0n) is 12.1. The zero-order chi connectivity index (χ0) is 17.0. The predicted molar refractivity (Wildman–Crippen MR) is 76.3 cm³/mol. The molecular formula is C16H14F2O5. The molecule has 7 heteroatoms. The molecule has 0 fully saturated rings. The molecule has 2 aromatic rings. The average molecular weight is 324 g/mol. The van der Waals surface area contributed by atoms with Crippen molar-refractivity contribution in [1.29, 1.82) is 0 Å². The van der Waals surface area contributed by atoms with Crippen LogP contribution in [0.25, 0.3) is 0 Å². The fourth-order valence-electron chi connectivity index (χ4n) is 2.04. The molecule has 0 aliphatic rings. The number of halogens is 2. The summed E-state index contributed by atoms with van der Waals surface area (Å²) in [6, 6.07) is 6.81. The van der Waals surface area contributed by atoms with Crippen LogP contribution in [0.15, 0.2) is 36.4 Å². The topological polar surface area (TPSA) is 76.0 Å². The second-order valence-electron chi connectivity index (χ2n) is 4.68. The fraction of sp³-hybridized carbons (Fsp3) is 0.188. The number of aromatic carboxylic acids is 1. The Morgan fingerprint density at radius 2 is 1.87 bits per heavy atom. The third-order valence-corrected chi connectivity index (χ3v) is 3.14. The van der Waals surface area contributed by atoms with Gasteiger partial charge >= 0.3 is 5.97 Å². The van der Waals surface area contributed by atoms with Gasteiger partial charge in [-0.3, -0.25) is 0 Å². The van der Waals surface area contributed by atoms with Crippen molar-refractivity contribution in [1.82, 2.24) is 0 Å². The van der Waals surface area contributed by atoms with Gasteiger partial charge in [0.15, 0.2) is 6.79 Å². The molecule has 0 aliphatic carbocycles. The molecule has 1 atom stereocenters. The van der Waals surface area contributed by atoms with Crippen LogP contribution in [0.3, 0.4) is 0 Å². The van der Waals surface area contributed by atoms with Gasteiger partial charge in [0.25, 0.3) is 0 Å². The summed E-state index contributed by atoms with van der Waals surface area (Å²) in [7, 11) is 1.34. The monoisotopic (exact) mass is 324 g/mol. The molecule has 0 saturated carbocycles. The van der Waals surface area contributed by atoms with Crippen molar-refractivity contribution in [2.24, 2.45) is 0 Å². The van der Waals surface area contributed by atoms with Crippen LogP contribution in [0.4, 0.5) is 8.78 Å². The van der Waals surface area contributed by atoms with E-state index >= 15 is 0 Å². The van der Waals surface area contributed by atoms with Crippen molar-refractivity contribution >= 4 is 5.97 Å². The van der Waals surface area contributed by atoms with Gasteiger partial charge in [0.1, 0.15) is 23.5 Å². The van der Waals surface area contributed by atoms with Crippen LogP contribution in [-0.2, 0) is 4.74 Å². The Hall–Kier alpha value is -2.51. The van der Waals surface area contributed by atoms with Crippen LogP contribution in [0.5, 0.6) is 5.75 Å². The first-order chi connectivity index (χ1) is 10.9. The van der Waals surface area contributed by atoms with Crippen LogP contribution >= 0.6 is 0 Å². The number of carboxylic acids is 1. The van der Waals surface area contributed by atoms with Crippen LogP contribution < -0.4 is 4.74 Å². The number of hydrogen-bond donors (Lipinski definition) is 2. The fourth-order valence-corrected chi connectivity index (χ4v) is 2.04. The van der Waals surface area contributed by atoms with E-state index in [-0.39, 0.29) is 29.2 Å². The smallest absolute Gasteiger partial charge is 0.335 e. The number of aliphatic hydroxyl groups excluding tert-OH is 1. The summed E-state index contributed by atoms with van der Waals surface area (Å²) in [4.78, 5) is 10.8. The van der Waals surface area contributed by atoms with E-state index in [0.717, 1.165) is 6.07 Å². The van der Waals surface area contributed by atoms with E-state index in [0.29, 0.717) is 6.07 Å². The molecule has 0 aromatic heterocycles. The highest BCUT2D eigenvalue weighted by Crippen LogP contribution is 2.33. The van der Waals surface area contributed by atoms with E-state index in [9.17, 15) is 18.7 Å². The number of benzene rings is 2. The lowest BCUT2D eigenvalue weighted by atomic mass is 9.99. The summed E-state index contributed by atoms with van der Waals surface area (Å²) < 4.78 is 37.2. The largest absolute Gasteiger partial charge is 0.478 e. The molecule has 2 aromatic carbocycles. The molecule has 0 heterocycles. The lowest BCUT2D eigenvalue weighted by Gasteiger charge is -2.17. The number of aliphatic hydroxyl groups is 1. The Bertz CT molecular complexity index is 700.